The highest BCUT2D eigenvalue weighted by atomic mass is 35.5. The van der Waals surface area contributed by atoms with Crippen LogP contribution in [0.15, 0.2) is 18.2 Å². The lowest BCUT2D eigenvalue weighted by molar-refractivity contribution is 0.0842. The molecule has 1 atom stereocenters. The van der Waals surface area contributed by atoms with Crippen molar-refractivity contribution < 1.29 is 5.11 Å². The van der Waals surface area contributed by atoms with E-state index in [1.165, 1.54) is 12.8 Å². The van der Waals surface area contributed by atoms with Crippen LogP contribution in [0.2, 0.25) is 10.0 Å². The minimum absolute atomic E-state index is 0.210. The van der Waals surface area contributed by atoms with E-state index in [9.17, 15) is 5.11 Å². The van der Waals surface area contributed by atoms with Gasteiger partial charge in [0.05, 0.1) is 6.61 Å². The second kappa shape index (κ2) is 6.05. The van der Waals surface area contributed by atoms with Gasteiger partial charge in [-0.05, 0) is 31.5 Å². The number of likely N-dealkylation sites (tertiary alicyclic amines) is 1. The largest absolute Gasteiger partial charge is 0.395 e. The van der Waals surface area contributed by atoms with Gasteiger partial charge in [0.2, 0.25) is 0 Å². The van der Waals surface area contributed by atoms with Crippen LogP contribution in [0.3, 0.4) is 0 Å². The first-order valence-corrected chi connectivity index (χ1v) is 6.75. The molecule has 2 nitrogen and oxygen atoms in total. The highest BCUT2D eigenvalue weighted by molar-refractivity contribution is 6.35. The number of aliphatic hydroxyl groups excluding tert-OH is 1. The van der Waals surface area contributed by atoms with E-state index < -0.39 is 0 Å². The highest BCUT2D eigenvalue weighted by Gasteiger charge is 2.22. The van der Waals surface area contributed by atoms with Gasteiger partial charge < -0.3 is 5.11 Å². The molecule has 0 spiro atoms. The Morgan fingerprint density at radius 1 is 1.24 bits per heavy atom. The van der Waals surface area contributed by atoms with Gasteiger partial charge in [0.15, 0.2) is 0 Å². The Morgan fingerprint density at radius 3 is 2.59 bits per heavy atom. The van der Waals surface area contributed by atoms with Crippen molar-refractivity contribution in [3.05, 3.63) is 33.8 Å². The lowest BCUT2D eigenvalue weighted by Crippen LogP contribution is -2.41. The van der Waals surface area contributed by atoms with Gasteiger partial charge in [-0.15, -0.1) is 0 Å². The van der Waals surface area contributed by atoms with Gasteiger partial charge in [-0.25, -0.2) is 0 Å². The molecule has 1 aromatic carbocycles. The maximum absolute atomic E-state index is 9.37. The van der Waals surface area contributed by atoms with Crippen LogP contribution < -0.4 is 0 Å². The van der Waals surface area contributed by atoms with Crippen molar-refractivity contribution in [2.24, 2.45) is 0 Å². The van der Waals surface area contributed by atoms with Crippen LogP contribution in [0.25, 0.3) is 0 Å². The van der Waals surface area contributed by atoms with E-state index in [0.717, 1.165) is 25.1 Å². The van der Waals surface area contributed by atoms with Crippen molar-refractivity contribution in [1.82, 2.24) is 4.90 Å². The third-order valence-electron chi connectivity index (χ3n) is 3.38. The maximum atomic E-state index is 9.37. The molecule has 1 N–H and O–H groups in total. The average Bonchev–Trinajstić information content (AvgIpc) is 2.34. The Labute approximate surface area is 112 Å². The van der Waals surface area contributed by atoms with Gasteiger partial charge in [-0.1, -0.05) is 35.7 Å². The standard InChI is InChI=1S/C13H17Cl2NO/c14-12-5-3-6-13(15)11(12)8-16-7-2-1-4-10(16)9-17/h3,5-6,10,17H,1-2,4,7-9H2/t10-/m1/s1. The molecule has 0 amide bonds. The number of hydrogen-bond acceptors (Lipinski definition) is 2. The second-order valence-corrected chi connectivity index (χ2v) is 5.32. The lowest BCUT2D eigenvalue weighted by atomic mass is 10.0. The Balaban J connectivity index is 2.13. The molecule has 1 aliphatic rings. The summed E-state index contributed by atoms with van der Waals surface area (Å²) in [4.78, 5) is 2.27. The number of halogens is 2. The van der Waals surface area contributed by atoms with E-state index in [0.29, 0.717) is 10.0 Å². The second-order valence-electron chi connectivity index (χ2n) is 4.50. The van der Waals surface area contributed by atoms with Crippen molar-refractivity contribution in [2.75, 3.05) is 13.2 Å². The van der Waals surface area contributed by atoms with Crippen LogP contribution in [0, 0.1) is 0 Å². The van der Waals surface area contributed by atoms with Gasteiger partial charge in [0.1, 0.15) is 0 Å². The number of aliphatic hydroxyl groups is 1. The molecular formula is C13H17Cl2NO. The summed E-state index contributed by atoms with van der Waals surface area (Å²) in [6.45, 7) is 1.94. The number of hydrogen-bond donors (Lipinski definition) is 1. The maximum Gasteiger partial charge on any atom is 0.0586 e. The van der Waals surface area contributed by atoms with E-state index >= 15 is 0 Å². The fourth-order valence-corrected chi connectivity index (χ4v) is 2.88. The summed E-state index contributed by atoms with van der Waals surface area (Å²) >= 11 is 12.3. The summed E-state index contributed by atoms with van der Waals surface area (Å²) in [6, 6.07) is 5.82. The van der Waals surface area contributed by atoms with Crippen LogP contribution in [0.4, 0.5) is 0 Å². The molecule has 1 aromatic rings. The fourth-order valence-electron chi connectivity index (χ4n) is 2.36. The molecule has 1 heterocycles. The topological polar surface area (TPSA) is 23.5 Å². The van der Waals surface area contributed by atoms with Gasteiger partial charge >= 0.3 is 0 Å². The zero-order valence-corrected chi connectivity index (χ0v) is 11.2. The van der Waals surface area contributed by atoms with Gasteiger partial charge in [-0.2, -0.15) is 0 Å². The van der Waals surface area contributed by atoms with Crippen LogP contribution in [-0.2, 0) is 6.54 Å². The predicted octanol–water partition coefficient (Wildman–Crippen LogP) is 3.34. The average molecular weight is 274 g/mol. The Hall–Kier alpha value is -0.280. The third kappa shape index (κ3) is 3.14. The summed E-state index contributed by atoms with van der Waals surface area (Å²) in [5.41, 5.74) is 0.969. The third-order valence-corrected chi connectivity index (χ3v) is 4.09. The first-order chi connectivity index (χ1) is 8.22. The Kier molecular flexibility index (Phi) is 4.69. The molecule has 94 valence electrons. The molecule has 0 radical (unpaired) electrons. The van der Waals surface area contributed by atoms with E-state index in [2.05, 4.69) is 4.90 Å². The van der Waals surface area contributed by atoms with Crippen molar-refractivity contribution in [1.29, 1.82) is 0 Å². The van der Waals surface area contributed by atoms with E-state index in [1.54, 1.807) is 0 Å². The van der Waals surface area contributed by atoms with Crippen molar-refractivity contribution in [3.8, 4) is 0 Å². The van der Waals surface area contributed by atoms with Crippen LogP contribution in [0.1, 0.15) is 24.8 Å². The monoisotopic (exact) mass is 273 g/mol. The molecule has 1 fully saturated rings. The normalized spacial score (nSPS) is 21.7. The number of piperidine rings is 1. The van der Waals surface area contributed by atoms with Crippen LogP contribution in [-0.4, -0.2) is 29.2 Å². The zero-order valence-electron chi connectivity index (χ0n) is 9.70. The molecule has 1 aliphatic heterocycles. The van der Waals surface area contributed by atoms with E-state index in [1.807, 2.05) is 18.2 Å². The number of nitrogens with zero attached hydrogens (tertiary/aromatic N) is 1. The van der Waals surface area contributed by atoms with Gasteiger partial charge in [0.25, 0.3) is 0 Å². The Bertz CT molecular complexity index is 363. The first-order valence-electron chi connectivity index (χ1n) is 6.00. The Morgan fingerprint density at radius 2 is 1.94 bits per heavy atom. The minimum atomic E-state index is 0.210. The molecule has 4 heteroatoms. The molecule has 0 aliphatic carbocycles. The smallest absolute Gasteiger partial charge is 0.0586 e. The molecule has 0 unspecified atom stereocenters. The molecule has 2 rings (SSSR count). The SMILES string of the molecule is OC[C@H]1CCCCN1Cc1c(Cl)cccc1Cl. The minimum Gasteiger partial charge on any atom is -0.395 e. The van der Waals surface area contributed by atoms with Crippen molar-refractivity contribution >= 4 is 23.2 Å². The van der Waals surface area contributed by atoms with E-state index in [4.69, 9.17) is 23.2 Å². The van der Waals surface area contributed by atoms with Crippen molar-refractivity contribution in [2.45, 2.75) is 31.8 Å². The summed E-state index contributed by atoms with van der Waals surface area (Å²) in [5, 5.41) is 10.8. The summed E-state index contributed by atoms with van der Waals surface area (Å²) < 4.78 is 0. The molecular weight excluding hydrogens is 257 g/mol. The molecule has 1 saturated heterocycles. The molecule has 17 heavy (non-hydrogen) atoms. The van der Waals surface area contributed by atoms with Gasteiger partial charge in [-0.3, -0.25) is 4.90 Å². The molecule has 0 bridgehead atoms. The van der Waals surface area contributed by atoms with Crippen LogP contribution in [0.5, 0.6) is 0 Å². The zero-order chi connectivity index (χ0) is 12.3. The first kappa shape index (κ1) is 13.2. The summed E-state index contributed by atoms with van der Waals surface area (Å²) in [7, 11) is 0. The number of benzene rings is 1. The van der Waals surface area contributed by atoms with E-state index in [-0.39, 0.29) is 12.6 Å². The van der Waals surface area contributed by atoms with Crippen LogP contribution >= 0.6 is 23.2 Å². The van der Waals surface area contributed by atoms with Crippen molar-refractivity contribution in [3.63, 3.8) is 0 Å². The fraction of sp³-hybridized carbons (Fsp3) is 0.538. The number of rotatable bonds is 3. The molecule has 0 saturated carbocycles. The lowest BCUT2D eigenvalue weighted by Gasteiger charge is -2.34. The molecule has 0 aromatic heterocycles. The quantitative estimate of drug-likeness (QED) is 0.913. The highest BCUT2D eigenvalue weighted by Crippen LogP contribution is 2.28. The summed E-state index contributed by atoms with van der Waals surface area (Å²) in [5.74, 6) is 0. The summed E-state index contributed by atoms with van der Waals surface area (Å²) in [6.07, 6.45) is 3.43. The van der Waals surface area contributed by atoms with Gasteiger partial charge in [0, 0.05) is 28.2 Å². The predicted molar refractivity (Wildman–Crippen MR) is 71.6 cm³/mol.